The molecule has 0 aliphatic carbocycles. The fourth-order valence-electron chi connectivity index (χ4n) is 2.60. The molecule has 1 saturated heterocycles. The van der Waals surface area contributed by atoms with Crippen molar-refractivity contribution in [2.75, 3.05) is 43.6 Å². The van der Waals surface area contributed by atoms with E-state index in [1.807, 2.05) is 11.5 Å². The zero-order chi connectivity index (χ0) is 18.4. The molecular formula is C17H23FN4O3S. The molecule has 0 radical (unpaired) electrons. The van der Waals surface area contributed by atoms with Crippen LogP contribution in [-0.2, 0) is 11.3 Å². The van der Waals surface area contributed by atoms with E-state index < -0.39 is 6.10 Å². The number of thioether (sulfide) groups is 1. The summed E-state index contributed by atoms with van der Waals surface area (Å²) in [6.45, 7) is 5.93. The second-order valence-electron chi connectivity index (χ2n) is 5.86. The number of rotatable bonds is 8. The zero-order valence-corrected chi connectivity index (χ0v) is 15.5. The number of morpholine rings is 1. The van der Waals surface area contributed by atoms with Crippen LogP contribution in [0.1, 0.15) is 6.92 Å². The summed E-state index contributed by atoms with van der Waals surface area (Å²) >= 11 is 1.44. The highest BCUT2D eigenvalue weighted by Crippen LogP contribution is 2.23. The van der Waals surface area contributed by atoms with Crippen LogP contribution >= 0.6 is 11.8 Å². The van der Waals surface area contributed by atoms with Gasteiger partial charge in [0.15, 0.2) is 5.16 Å². The summed E-state index contributed by atoms with van der Waals surface area (Å²) in [7, 11) is 0. The number of anilines is 1. The minimum Gasteiger partial charge on any atom is -0.491 e. The third-order valence-corrected chi connectivity index (χ3v) is 5.08. The molecule has 2 heterocycles. The molecule has 1 atom stereocenters. The number of aliphatic hydroxyl groups excluding tert-OH is 1. The van der Waals surface area contributed by atoms with E-state index in [0.29, 0.717) is 24.7 Å². The van der Waals surface area contributed by atoms with E-state index >= 15 is 0 Å². The molecule has 9 heteroatoms. The van der Waals surface area contributed by atoms with Crippen LogP contribution < -0.4 is 9.64 Å². The normalized spacial score (nSPS) is 15.9. The van der Waals surface area contributed by atoms with E-state index in [9.17, 15) is 9.50 Å². The van der Waals surface area contributed by atoms with E-state index in [1.165, 1.54) is 36.0 Å². The highest BCUT2D eigenvalue weighted by Gasteiger charge is 2.20. The summed E-state index contributed by atoms with van der Waals surface area (Å²) < 4.78 is 25.8. The van der Waals surface area contributed by atoms with Crippen LogP contribution in [0.3, 0.4) is 0 Å². The van der Waals surface area contributed by atoms with Gasteiger partial charge in [-0.1, -0.05) is 11.8 Å². The fourth-order valence-corrected chi connectivity index (χ4v) is 3.51. The zero-order valence-electron chi connectivity index (χ0n) is 14.7. The molecule has 0 bridgehead atoms. The van der Waals surface area contributed by atoms with Crippen LogP contribution in [0.5, 0.6) is 5.75 Å². The molecule has 1 aliphatic heterocycles. The third kappa shape index (κ3) is 4.87. The van der Waals surface area contributed by atoms with Crippen molar-refractivity contribution in [1.82, 2.24) is 14.8 Å². The second-order valence-corrected chi connectivity index (χ2v) is 6.84. The molecule has 7 nitrogen and oxygen atoms in total. The molecule has 1 unspecified atom stereocenters. The number of benzene rings is 1. The molecule has 1 aliphatic rings. The summed E-state index contributed by atoms with van der Waals surface area (Å²) in [6.07, 6.45) is -0.668. The minimum atomic E-state index is -0.668. The van der Waals surface area contributed by atoms with Crippen LogP contribution in [0.15, 0.2) is 29.4 Å². The van der Waals surface area contributed by atoms with E-state index in [4.69, 9.17) is 9.47 Å². The number of nitrogens with zero attached hydrogens (tertiary/aromatic N) is 4. The number of halogens is 1. The molecular weight excluding hydrogens is 359 g/mol. The monoisotopic (exact) mass is 382 g/mol. The standard InChI is InChI=1S/C17H23FN4O3S/c1-2-22-16(21-7-9-24-10-8-21)19-20-17(22)26-12-14(23)11-25-15-5-3-13(18)4-6-15/h3-6,14,23H,2,7-12H2,1H3. The first kappa shape index (κ1) is 18.9. The lowest BCUT2D eigenvalue weighted by atomic mass is 10.3. The van der Waals surface area contributed by atoms with Crippen LogP contribution in [0.25, 0.3) is 0 Å². The van der Waals surface area contributed by atoms with Gasteiger partial charge in [-0.15, -0.1) is 10.2 Å². The lowest BCUT2D eigenvalue weighted by Crippen LogP contribution is -2.38. The van der Waals surface area contributed by atoms with Gasteiger partial charge >= 0.3 is 0 Å². The average molecular weight is 382 g/mol. The summed E-state index contributed by atoms with van der Waals surface area (Å²) in [6, 6.07) is 5.73. The molecule has 0 spiro atoms. The first-order chi connectivity index (χ1) is 12.7. The third-order valence-electron chi connectivity index (χ3n) is 3.97. The Balaban J connectivity index is 1.52. The summed E-state index contributed by atoms with van der Waals surface area (Å²) in [5.74, 6) is 1.49. The summed E-state index contributed by atoms with van der Waals surface area (Å²) in [5, 5.41) is 19.5. The molecule has 0 saturated carbocycles. The van der Waals surface area contributed by atoms with Crippen molar-refractivity contribution in [3.05, 3.63) is 30.1 Å². The number of ether oxygens (including phenoxy) is 2. The van der Waals surface area contributed by atoms with Crippen LogP contribution in [0, 0.1) is 5.82 Å². The predicted molar refractivity (Wildman–Crippen MR) is 97.4 cm³/mol. The van der Waals surface area contributed by atoms with Crippen molar-refractivity contribution < 1.29 is 19.0 Å². The van der Waals surface area contributed by atoms with Gasteiger partial charge in [0.25, 0.3) is 0 Å². The Kier molecular flexibility index (Phi) is 6.70. The van der Waals surface area contributed by atoms with Gasteiger partial charge in [-0.3, -0.25) is 4.57 Å². The largest absolute Gasteiger partial charge is 0.491 e. The van der Waals surface area contributed by atoms with E-state index in [-0.39, 0.29) is 12.4 Å². The van der Waals surface area contributed by atoms with Crippen molar-refractivity contribution >= 4 is 17.7 Å². The lowest BCUT2D eigenvalue weighted by molar-refractivity contribution is 0.121. The molecule has 1 N–H and O–H groups in total. The Bertz CT molecular complexity index is 692. The number of hydrogen-bond donors (Lipinski definition) is 1. The Labute approximate surface area is 156 Å². The van der Waals surface area contributed by atoms with Gasteiger partial charge in [-0.25, -0.2) is 4.39 Å². The van der Waals surface area contributed by atoms with Crippen LogP contribution in [0.2, 0.25) is 0 Å². The molecule has 0 amide bonds. The Hall–Kier alpha value is -1.84. The van der Waals surface area contributed by atoms with E-state index in [0.717, 1.165) is 30.7 Å². The highest BCUT2D eigenvalue weighted by molar-refractivity contribution is 7.99. The van der Waals surface area contributed by atoms with Crippen molar-refractivity contribution in [3.63, 3.8) is 0 Å². The number of aromatic nitrogens is 3. The van der Waals surface area contributed by atoms with Gasteiger partial charge in [0.1, 0.15) is 18.2 Å². The van der Waals surface area contributed by atoms with Crippen molar-refractivity contribution in [2.24, 2.45) is 0 Å². The van der Waals surface area contributed by atoms with Crippen molar-refractivity contribution in [3.8, 4) is 5.75 Å². The van der Waals surface area contributed by atoms with E-state index in [1.54, 1.807) is 0 Å². The topological polar surface area (TPSA) is 72.6 Å². The Morgan fingerprint density at radius 1 is 1.27 bits per heavy atom. The first-order valence-corrected chi connectivity index (χ1v) is 9.61. The smallest absolute Gasteiger partial charge is 0.228 e. The van der Waals surface area contributed by atoms with E-state index in [2.05, 4.69) is 15.1 Å². The maximum Gasteiger partial charge on any atom is 0.228 e. The highest BCUT2D eigenvalue weighted by atomic mass is 32.2. The number of hydrogen-bond acceptors (Lipinski definition) is 7. The van der Waals surface area contributed by atoms with Crippen molar-refractivity contribution in [2.45, 2.75) is 24.7 Å². The van der Waals surface area contributed by atoms with Gasteiger partial charge in [-0.2, -0.15) is 0 Å². The Morgan fingerprint density at radius 2 is 2.00 bits per heavy atom. The molecule has 26 heavy (non-hydrogen) atoms. The Morgan fingerprint density at radius 3 is 2.69 bits per heavy atom. The first-order valence-electron chi connectivity index (χ1n) is 8.62. The SMILES string of the molecule is CCn1c(SCC(O)COc2ccc(F)cc2)nnc1N1CCOCC1. The average Bonchev–Trinajstić information content (AvgIpc) is 3.09. The maximum atomic E-state index is 12.9. The minimum absolute atomic E-state index is 0.134. The van der Waals surface area contributed by atoms with Crippen LogP contribution in [0.4, 0.5) is 10.3 Å². The lowest BCUT2D eigenvalue weighted by Gasteiger charge is -2.27. The fraction of sp³-hybridized carbons (Fsp3) is 0.529. The predicted octanol–water partition coefficient (Wildman–Crippen LogP) is 1.81. The molecule has 1 fully saturated rings. The van der Waals surface area contributed by atoms with Gasteiger partial charge in [-0.05, 0) is 31.2 Å². The van der Waals surface area contributed by atoms with Gasteiger partial charge in [0, 0.05) is 25.4 Å². The van der Waals surface area contributed by atoms with Crippen molar-refractivity contribution in [1.29, 1.82) is 0 Å². The quantitative estimate of drug-likeness (QED) is 0.698. The van der Waals surface area contributed by atoms with Gasteiger partial charge < -0.3 is 19.5 Å². The molecule has 3 rings (SSSR count). The van der Waals surface area contributed by atoms with Gasteiger partial charge in [0.2, 0.25) is 5.95 Å². The summed E-state index contributed by atoms with van der Waals surface area (Å²) in [5.41, 5.74) is 0. The maximum absolute atomic E-state index is 12.9. The van der Waals surface area contributed by atoms with Gasteiger partial charge in [0.05, 0.1) is 19.3 Å². The molecule has 142 valence electrons. The van der Waals surface area contributed by atoms with Crippen LogP contribution in [-0.4, -0.2) is 64.6 Å². The molecule has 2 aromatic rings. The number of aliphatic hydroxyl groups is 1. The second kappa shape index (κ2) is 9.20. The summed E-state index contributed by atoms with van der Waals surface area (Å²) in [4.78, 5) is 2.16. The molecule has 1 aromatic carbocycles. The molecule has 1 aromatic heterocycles.